The number of nitrogens with zero attached hydrogens (tertiary/aromatic N) is 3. The standard InChI is InChI=1S/C28H29Cl2F6N5O2/c1-43-11-10-41-23-14-22(40-8-4-17(5-9-40)27(31,32)33)19(30)13-21(23)39-25(41)38-20-12-16(2-3-18(20)29)15-37-24(42)26(6-7-26)28(34,35)36/h2-3,12-14,17H,4-11,15H2,1H3,(H,37,42)(H,38,39). The Balaban J connectivity index is 1.38. The third-order valence-corrected chi connectivity index (χ3v) is 8.72. The van der Waals surface area contributed by atoms with Crippen molar-refractivity contribution in [3.63, 3.8) is 0 Å². The second-order valence-electron chi connectivity index (χ2n) is 10.9. The molecule has 1 amide bonds. The number of alkyl halides is 6. The van der Waals surface area contributed by atoms with Crippen molar-refractivity contribution < 1.29 is 35.9 Å². The van der Waals surface area contributed by atoms with Gasteiger partial charge in [0.2, 0.25) is 11.9 Å². The molecule has 2 aromatic carbocycles. The number of methoxy groups -OCH3 is 1. The first-order valence-corrected chi connectivity index (χ1v) is 14.4. The lowest BCUT2D eigenvalue weighted by Crippen LogP contribution is -2.40. The smallest absolute Gasteiger partial charge is 0.383 e. The largest absolute Gasteiger partial charge is 0.403 e. The van der Waals surface area contributed by atoms with Crippen LogP contribution in [0.4, 0.5) is 43.7 Å². The Bertz CT molecular complexity index is 1500. The minimum absolute atomic E-state index is 0.0277. The number of rotatable bonds is 9. The molecular weight excluding hydrogens is 623 g/mol. The van der Waals surface area contributed by atoms with Gasteiger partial charge in [0, 0.05) is 33.3 Å². The lowest BCUT2D eigenvalue weighted by molar-refractivity contribution is -0.192. The third-order valence-electron chi connectivity index (χ3n) is 8.09. The van der Waals surface area contributed by atoms with Gasteiger partial charge in [0.15, 0.2) is 0 Å². The topological polar surface area (TPSA) is 71.4 Å². The Morgan fingerprint density at radius 2 is 1.77 bits per heavy atom. The second kappa shape index (κ2) is 11.9. The van der Waals surface area contributed by atoms with Gasteiger partial charge in [-0.15, -0.1) is 0 Å². The molecule has 1 saturated carbocycles. The van der Waals surface area contributed by atoms with Crippen LogP contribution in [0.25, 0.3) is 11.0 Å². The van der Waals surface area contributed by atoms with Gasteiger partial charge in [-0.3, -0.25) is 4.79 Å². The molecule has 0 atom stereocenters. The number of halogens is 8. The normalized spacial score (nSPS) is 17.4. The fraction of sp³-hybridized carbons (Fsp3) is 0.500. The zero-order valence-corrected chi connectivity index (χ0v) is 24.5. The molecule has 0 radical (unpaired) electrons. The Morgan fingerprint density at radius 3 is 2.37 bits per heavy atom. The highest BCUT2D eigenvalue weighted by Gasteiger charge is 2.68. The number of piperidine rings is 1. The minimum atomic E-state index is -4.60. The van der Waals surface area contributed by atoms with E-state index >= 15 is 0 Å². The van der Waals surface area contributed by atoms with E-state index in [2.05, 4.69) is 15.6 Å². The van der Waals surface area contributed by atoms with Crippen molar-refractivity contribution in [2.24, 2.45) is 11.3 Å². The molecule has 234 valence electrons. The minimum Gasteiger partial charge on any atom is -0.383 e. The Labute approximate surface area is 253 Å². The Hall–Kier alpha value is -2.90. The van der Waals surface area contributed by atoms with Crippen molar-refractivity contribution in [1.29, 1.82) is 0 Å². The summed E-state index contributed by atoms with van der Waals surface area (Å²) in [7, 11) is 1.54. The van der Waals surface area contributed by atoms with Crippen molar-refractivity contribution in [3.05, 3.63) is 45.9 Å². The lowest BCUT2D eigenvalue weighted by Gasteiger charge is -2.34. The average molecular weight is 652 g/mol. The molecule has 0 bridgehead atoms. The maximum atomic E-state index is 13.3. The summed E-state index contributed by atoms with van der Waals surface area (Å²) in [4.78, 5) is 18.8. The highest BCUT2D eigenvalue weighted by atomic mass is 35.5. The highest BCUT2D eigenvalue weighted by molar-refractivity contribution is 6.34. The molecule has 1 aliphatic carbocycles. The number of imidazole rings is 1. The quantitative estimate of drug-likeness (QED) is 0.235. The molecule has 2 aliphatic rings. The van der Waals surface area contributed by atoms with Crippen LogP contribution in [0.5, 0.6) is 0 Å². The molecule has 3 aromatic rings. The number of fused-ring (bicyclic) bond motifs is 1. The number of carbonyl (C=O) groups excluding carboxylic acids is 1. The van der Waals surface area contributed by atoms with Crippen molar-refractivity contribution in [2.75, 3.05) is 37.0 Å². The van der Waals surface area contributed by atoms with Crippen LogP contribution in [-0.4, -0.2) is 54.6 Å². The van der Waals surface area contributed by atoms with E-state index in [0.717, 1.165) is 0 Å². The summed E-state index contributed by atoms with van der Waals surface area (Å²) in [5.41, 5.74) is 0.395. The van der Waals surface area contributed by atoms with E-state index in [0.29, 0.717) is 57.1 Å². The monoisotopic (exact) mass is 651 g/mol. The van der Waals surface area contributed by atoms with Crippen LogP contribution in [0, 0.1) is 11.3 Å². The van der Waals surface area contributed by atoms with E-state index in [1.54, 1.807) is 37.4 Å². The summed E-state index contributed by atoms with van der Waals surface area (Å²) >= 11 is 13.0. The molecule has 0 unspecified atom stereocenters. The van der Waals surface area contributed by atoms with Gasteiger partial charge in [0.05, 0.1) is 45.0 Å². The first-order valence-electron chi connectivity index (χ1n) is 13.6. The molecule has 43 heavy (non-hydrogen) atoms. The molecule has 2 heterocycles. The molecule has 2 fully saturated rings. The summed E-state index contributed by atoms with van der Waals surface area (Å²) in [6.07, 6.45) is -9.35. The van der Waals surface area contributed by atoms with E-state index < -0.39 is 29.6 Å². The first-order chi connectivity index (χ1) is 20.2. The Morgan fingerprint density at radius 1 is 1.07 bits per heavy atom. The van der Waals surface area contributed by atoms with Crippen LogP contribution >= 0.6 is 23.2 Å². The second-order valence-corrected chi connectivity index (χ2v) is 11.7. The van der Waals surface area contributed by atoms with Gasteiger partial charge in [0.1, 0.15) is 5.41 Å². The molecular formula is C28H29Cl2F6N5O2. The Kier molecular flexibility index (Phi) is 8.71. The fourth-order valence-electron chi connectivity index (χ4n) is 5.34. The zero-order chi connectivity index (χ0) is 31.2. The van der Waals surface area contributed by atoms with Crippen molar-refractivity contribution in [1.82, 2.24) is 14.9 Å². The van der Waals surface area contributed by atoms with E-state index in [9.17, 15) is 31.1 Å². The van der Waals surface area contributed by atoms with E-state index in [1.807, 2.05) is 9.47 Å². The van der Waals surface area contributed by atoms with Gasteiger partial charge in [0.25, 0.3) is 0 Å². The number of ether oxygens (including phenoxy) is 1. The molecule has 0 spiro atoms. The van der Waals surface area contributed by atoms with Gasteiger partial charge in [-0.1, -0.05) is 29.3 Å². The number of hydrogen-bond donors (Lipinski definition) is 2. The number of amides is 1. The van der Waals surface area contributed by atoms with E-state index in [1.165, 1.54) is 0 Å². The first kappa shape index (κ1) is 31.5. The average Bonchev–Trinajstić information content (AvgIpc) is 3.71. The summed E-state index contributed by atoms with van der Waals surface area (Å²) in [6, 6.07) is 8.21. The predicted molar refractivity (Wildman–Crippen MR) is 152 cm³/mol. The van der Waals surface area contributed by atoms with Crippen LogP contribution in [0.1, 0.15) is 31.2 Å². The number of benzene rings is 2. The molecule has 15 heteroatoms. The molecule has 1 aromatic heterocycles. The zero-order valence-electron chi connectivity index (χ0n) is 23.0. The van der Waals surface area contributed by atoms with E-state index in [-0.39, 0.29) is 45.3 Å². The van der Waals surface area contributed by atoms with Gasteiger partial charge in [-0.05, 0) is 55.5 Å². The summed E-state index contributed by atoms with van der Waals surface area (Å²) in [6.45, 7) is 0.952. The van der Waals surface area contributed by atoms with E-state index in [4.69, 9.17) is 27.9 Å². The maximum Gasteiger partial charge on any atom is 0.403 e. The summed E-state index contributed by atoms with van der Waals surface area (Å²) < 4.78 is 86.6. The molecule has 1 aliphatic heterocycles. The lowest BCUT2D eigenvalue weighted by atomic mass is 9.96. The highest BCUT2D eigenvalue weighted by Crippen LogP contribution is 2.57. The number of hydrogen-bond acceptors (Lipinski definition) is 5. The van der Waals surface area contributed by atoms with Gasteiger partial charge < -0.3 is 24.8 Å². The fourth-order valence-corrected chi connectivity index (χ4v) is 5.79. The molecule has 5 rings (SSSR count). The number of nitrogens with one attached hydrogen (secondary N) is 2. The molecule has 1 saturated heterocycles. The van der Waals surface area contributed by atoms with Crippen LogP contribution in [0.3, 0.4) is 0 Å². The summed E-state index contributed by atoms with van der Waals surface area (Å²) in [5.74, 6) is -2.03. The third kappa shape index (κ3) is 6.48. The van der Waals surface area contributed by atoms with Gasteiger partial charge >= 0.3 is 12.4 Å². The van der Waals surface area contributed by atoms with Crippen LogP contribution < -0.4 is 15.5 Å². The SMILES string of the molecule is COCCn1c(Nc2cc(CNC(=O)C3(C(F)(F)F)CC3)ccc2Cl)nc2cc(Cl)c(N3CCC(C(F)(F)F)CC3)cc21. The molecule has 7 nitrogen and oxygen atoms in total. The van der Waals surface area contributed by atoms with Crippen LogP contribution in [0.2, 0.25) is 10.0 Å². The number of aromatic nitrogens is 2. The van der Waals surface area contributed by atoms with Crippen LogP contribution in [-0.2, 0) is 22.6 Å². The predicted octanol–water partition coefficient (Wildman–Crippen LogP) is 7.47. The maximum absolute atomic E-state index is 13.3. The molecule has 2 N–H and O–H groups in total. The van der Waals surface area contributed by atoms with Crippen molar-refractivity contribution in [3.8, 4) is 0 Å². The van der Waals surface area contributed by atoms with Crippen molar-refractivity contribution >= 4 is 57.5 Å². The summed E-state index contributed by atoms with van der Waals surface area (Å²) in [5, 5.41) is 6.21. The van der Waals surface area contributed by atoms with Crippen molar-refractivity contribution in [2.45, 2.75) is 51.1 Å². The van der Waals surface area contributed by atoms with Gasteiger partial charge in [-0.2, -0.15) is 26.3 Å². The van der Waals surface area contributed by atoms with Crippen LogP contribution in [0.15, 0.2) is 30.3 Å². The number of anilines is 3. The number of carbonyl (C=O) groups is 1. The van der Waals surface area contributed by atoms with Gasteiger partial charge in [-0.25, -0.2) is 4.98 Å².